The second-order valence-corrected chi connectivity index (χ2v) is 9.20. The first-order chi connectivity index (χ1) is 15.0. The zero-order valence-electron chi connectivity index (χ0n) is 18.2. The molecule has 0 amide bonds. The number of aliphatic carboxylic acids is 1. The third-order valence-corrected chi connectivity index (χ3v) is 6.84. The molecule has 2 heterocycles. The Morgan fingerprint density at radius 3 is 2.71 bits per heavy atom. The second kappa shape index (κ2) is 9.90. The molecule has 1 aliphatic carbocycles. The third kappa shape index (κ3) is 5.51. The van der Waals surface area contributed by atoms with Crippen LogP contribution >= 0.6 is 0 Å². The normalized spacial score (nSPS) is 22.2. The number of unbranched alkanes of at least 4 members (excludes halogenated alkanes) is 2. The summed E-state index contributed by atoms with van der Waals surface area (Å²) in [6, 6.07) is 12.8. The lowest BCUT2D eigenvalue weighted by Crippen LogP contribution is -2.35. The highest BCUT2D eigenvalue weighted by Gasteiger charge is 2.42. The number of rotatable bonds is 9. The van der Waals surface area contributed by atoms with Crippen LogP contribution in [0.4, 0.5) is 4.39 Å². The maximum absolute atomic E-state index is 15.4. The van der Waals surface area contributed by atoms with Gasteiger partial charge in [0.2, 0.25) is 0 Å². The number of hydrogen-bond acceptors (Lipinski definition) is 3. The molecule has 5 heteroatoms. The molecule has 0 spiro atoms. The van der Waals surface area contributed by atoms with E-state index in [0.29, 0.717) is 19.4 Å². The van der Waals surface area contributed by atoms with Gasteiger partial charge in [-0.05, 0) is 68.6 Å². The summed E-state index contributed by atoms with van der Waals surface area (Å²) in [5.74, 6) is -0.909. The zero-order chi connectivity index (χ0) is 21.7. The molecule has 0 saturated carbocycles. The lowest BCUT2D eigenvalue weighted by Gasteiger charge is -2.26. The Kier molecular flexibility index (Phi) is 7.01. The molecule has 1 aliphatic heterocycles. The summed E-state index contributed by atoms with van der Waals surface area (Å²) in [5, 5.41) is 9.72. The van der Waals surface area contributed by atoms with Crippen molar-refractivity contribution in [3.05, 3.63) is 65.0 Å². The van der Waals surface area contributed by atoms with Crippen LogP contribution in [0.25, 0.3) is 0 Å². The average Bonchev–Trinajstić information content (AvgIpc) is 3.15. The van der Waals surface area contributed by atoms with Crippen molar-refractivity contribution in [3.8, 4) is 0 Å². The summed E-state index contributed by atoms with van der Waals surface area (Å²) in [6.45, 7) is 0.687. The molecule has 0 radical (unpaired) electrons. The number of fused-ring (bicyclic) bond motifs is 1. The van der Waals surface area contributed by atoms with Crippen molar-refractivity contribution in [2.24, 2.45) is 0 Å². The first-order valence-electron chi connectivity index (χ1n) is 11.7. The van der Waals surface area contributed by atoms with E-state index < -0.39 is 17.7 Å². The number of carboxylic acids is 1. The molecule has 166 valence electrons. The van der Waals surface area contributed by atoms with Crippen molar-refractivity contribution in [2.45, 2.75) is 75.9 Å². The minimum atomic E-state index is -1.29. The zero-order valence-corrected chi connectivity index (χ0v) is 18.2. The molecule has 1 fully saturated rings. The van der Waals surface area contributed by atoms with Crippen LogP contribution in [0.1, 0.15) is 73.5 Å². The van der Waals surface area contributed by atoms with E-state index in [-0.39, 0.29) is 6.54 Å². The summed E-state index contributed by atoms with van der Waals surface area (Å²) in [7, 11) is 0. The molecule has 2 aromatic rings. The molecule has 2 aliphatic rings. The van der Waals surface area contributed by atoms with Crippen molar-refractivity contribution in [1.82, 2.24) is 9.88 Å². The summed E-state index contributed by atoms with van der Waals surface area (Å²) < 4.78 is 15.4. The van der Waals surface area contributed by atoms with Crippen molar-refractivity contribution in [3.63, 3.8) is 0 Å². The molecule has 31 heavy (non-hydrogen) atoms. The molecule has 1 N–H and O–H groups in total. The van der Waals surface area contributed by atoms with Gasteiger partial charge in [-0.2, -0.15) is 0 Å². The van der Waals surface area contributed by atoms with E-state index >= 15 is 4.39 Å². The number of aromatic nitrogens is 1. The Balaban J connectivity index is 1.23. The maximum atomic E-state index is 15.4. The summed E-state index contributed by atoms with van der Waals surface area (Å²) in [5.41, 5.74) is 3.29. The van der Waals surface area contributed by atoms with E-state index in [1.54, 1.807) is 4.90 Å². The fraction of sp³-hybridized carbons (Fsp3) is 0.538. The fourth-order valence-electron chi connectivity index (χ4n) is 5.13. The Labute approximate surface area is 184 Å². The van der Waals surface area contributed by atoms with Gasteiger partial charge in [0.05, 0.1) is 0 Å². The van der Waals surface area contributed by atoms with E-state index in [4.69, 9.17) is 4.98 Å². The van der Waals surface area contributed by atoms with E-state index in [9.17, 15) is 9.90 Å². The summed E-state index contributed by atoms with van der Waals surface area (Å²) in [6.07, 6.45) is 9.47. The Morgan fingerprint density at radius 1 is 1.10 bits per heavy atom. The van der Waals surface area contributed by atoms with Crippen molar-refractivity contribution >= 4 is 5.97 Å². The molecule has 1 saturated heterocycles. The van der Waals surface area contributed by atoms with Crippen LogP contribution in [0.3, 0.4) is 0 Å². The summed E-state index contributed by atoms with van der Waals surface area (Å²) >= 11 is 0. The van der Waals surface area contributed by atoms with E-state index in [0.717, 1.165) is 49.8 Å². The number of carbonyl (C=O) groups is 1. The Bertz CT molecular complexity index is 888. The number of nitrogens with zero attached hydrogens (tertiary/aromatic N) is 2. The number of alkyl halides is 1. The first kappa shape index (κ1) is 21.9. The highest BCUT2D eigenvalue weighted by atomic mass is 19.1. The SMILES string of the molecule is O=C(O)C(c1ccccc1)N1CCC(F)(CCCCCc2ccc3c(n2)CCCC3)C1. The predicted octanol–water partition coefficient (Wildman–Crippen LogP) is 5.30. The Morgan fingerprint density at radius 2 is 1.90 bits per heavy atom. The summed E-state index contributed by atoms with van der Waals surface area (Å²) in [4.78, 5) is 18.5. The van der Waals surface area contributed by atoms with E-state index in [1.165, 1.54) is 24.1 Å². The quantitative estimate of drug-likeness (QED) is 0.555. The minimum absolute atomic E-state index is 0.200. The van der Waals surface area contributed by atoms with Gasteiger partial charge in [-0.15, -0.1) is 0 Å². The molecule has 0 bridgehead atoms. The van der Waals surface area contributed by atoms with Gasteiger partial charge in [0.25, 0.3) is 0 Å². The van der Waals surface area contributed by atoms with Gasteiger partial charge in [-0.3, -0.25) is 14.7 Å². The smallest absolute Gasteiger partial charge is 0.325 e. The lowest BCUT2D eigenvalue weighted by atomic mass is 9.95. The van der Waals surface area contributed by atoms with Gasteiger partial charge < -0.3 is 5.11 Å². The van der Waals surface area contributed by atoms with Gasteiger partial charge in [0, 0.05) is 24.5 Å². The molecule has 4 rings (SSSR count). The maximum Gasteiger partial charge on any atom is 0.325 e. The topological polar surface area (TPSA) is 53.4 Å². The van der Waals surface area contributed by atoms with Crippen LogP contribution in [0.5, 0.6) is 0 Å². The van der Waals surface area contributed by atoms with Crippen molar-refractivity contribution in [1.29, 1.82) is 0 Å². The highest BCUT2D eigenvalue weighted by Crippen LogP contribution is 2.36. The molecular weight excluding hydrogens is 391 g/mol. The lowest BCUT2D eigenvalue weighted by molar-refractivity contribution is -0.143. The molecule has 1 aromatic carbocycles. The molecule has 2 atom stereocenters. The van der Waals surface area contributed by atoms with Gasteiger partial charge in [-0.25, -0.2) is 4.39 Å². The van der Waals surface area contributed by atoms with Gasteiger partial charge in [0.1, 0.15) is 11.7 Å². The van der Waals surface area contributed by atoms with E-state index in [2.05, 4.69) is 12.1 Å². The predicted molar refractivity (Wildman–Crippen MR) is 120 cm³/mol. The van der Waals surface area contributed by atoms with Crippen molar-refractivity contribution in [2.75, 3.05) is 13.1 Å². The van der Waals surface area contributed by atoms with Gasteiger partial charge >= 0.3 is 5.97 Å². The molecular formula is C26H33FN2O2. The Hall–Kier alpha value is -2.27. The van der Waals surface area contributed by atoms with E-state index in [1.807, 2.05) is 30.3 Å². The number of likely N-dealkylation sites (tertiary alicyclic amines) is 1. The third-order valence-electron chi connectivity index (χ3n) is 6.84. The average molecular weight is 425 g/mol. The van der Waals surface area contributed by atoms with Crippen LogP contribution in [-0.2, 0) is 24.1 Å². The highest BCUT2D eigenvalue weighted by molar-refractivity contribution is 5.75. The number of halogens is 1. The van der Waals surface area contributed by atoms with Gasteiger partial charge in [-0.1, -0.05) is 49.2 Å². The standard InChI is InChI=1S/C26H33FN2O2/c27-26(17-18-29(19-26)24(25(30)31)21-10-3-1-4-11-21)16-8-2-5-12-22-15-14-20-9-6-7-13-23(20)28-22/h1,3-4,10-11,14-15,24H,2,5-9,12-13,16-19H2,(H,30,31). The van der Waals surface area contributed by atoms with Crippen LogP contribution in [0.15, 0.2) is 42.5 Å². The molecule has 1 aromatic heterocycles. The van der Waals surface area contributed by atoms with Crippen LogP contribution < -0.4 is 0 Å². The number of aryl methyl sites for hydroxylation is 3. The minimum Gasteiger partial charge on any atom is -0.480 e. The monoisotopic (exact) mass is 424 g/mol. The largest absolute Gasteiger partial charge is 0.480 e. The van der Waals surface area contributed by atoms with Gasteiger partial charge in [0.15, 0.2) is 0 Å². The van der Waals surface area contributed by atoms with Crippen LogP contribution in [-0.4, -0.2) is 39.7 Å². The number of pyridine rings is 1. The molecule has 4 nitrogen and oxygen atoms in total. The number of benzene rings is 1. The second-order valence-electron chi connectivity index (χ2n) is 9.20. The number of hydrogen-bond donors (Lipinski definition) is 1. The fourth-order valence-corrected chi connectivity index (χ4v) is 5.13. The molecule has 2 unspecified atom stereocenters. The van der Waals surface area contributed by atoms with Crippen molar-refractivity contribution < 1.29 is 14.3 Å². The number of carboxylic acid groups (broad SMARTS) is 1. The van der Waals surface area contributed by atoms with Crippen LogP contribution in [0.2, 0.25) is 0 Å². The first-order valence-corrected chi connectivity index (χ1v) is 11.7. The van der Waals surface area contributed by atoms with Crippen LogP contribution in [0, 0.1) is 0 Å².